The highest BCUT2D eigenvalue weighted by molar-refractivity contribution is 5.98. The van der Waals surface area contributed by atoms with Gasteiger partial charge in [-0.2, -0.15) is 5.10 Å². The molecule has 0 saturated heterocycles. The molecule has 3 nitrogen and oxygen atoms in total. The first-order valence-corrected chi connectivity index (χ1v) is 4.72. The van der Waals surface area contributed by atoms with E-state index >= 15 is 0 Å². The normalized spacial score (nSPS) is 10.2. The predicted molar refractivity (Wildman–Crippen MR) is 56.4 cm³/mol. The predicted octanol–water partition coefficient (Wildman–Crippen LogP) is 2.19. The van der Waals surface area contributed by atoms with Gasteiger partial charge in [0.15, 0.2) is 5.78 Å². The van der Waals surface area contributed by atoms with E-state index < -0.39 is 0 Å². The summed E-state index contributed by atoms with van der Waals surface area (Å²) < 4.78 is 1.75. The molecule has 0 N–H and O–H groups in total. The molecule has 0 saturated carbocycles. The third-order valence-electron chi connectivity index (χ3n) is 2.36. The molecule has 14 heavy (non-hydrogen) atoms. The van der Waals surface area contributed by atoms with E-state index in [2.05, 4.69) is 11.7 Å². The largest absolute Gasteiger partial charge is 0.294 e. The Morgan fingerprint density at radius 1 is 1.57 bits per heavy atom. The van der Waals surface area contributed by atoms with Gasteiger partial charge in [-0.05, 0) is 20.3 Å². The van der Waals surface area contributed by atoms with Gasteiger partial charge < -0.3 is 0 Å². The SMILES string of the molecule is C=CCCC(=O)c1c(C)nn(C)c1C. The van der Waals surface area contributed by atoms with Crippen molar-refractivity contribution in [3.63, 3.8) is 0 Å². The van der Waals surface area contributed by atoms with Gasteiger partial charge in [0, 0.05) is 19.2 Å². The number of nitrogens with zero attached hydrogens (tertiary/aromatic N) is 2. The molecule has 0 unspecified atom stereocenters. The van der Waals surface area contributed by atoms with Crippen molar-refractivity contribution >= 4 is 5.78 Å². The second kappa shape index (κ2) is 4.22. The number of hydrogen-bond donors (Lipinski definition) is 0. The molecule has 0 atom stereocenters. The number of rotatable bonds is 4. The third kappa shape index (κ3) is 1.92. The maximum absolute atomic E-state index is 11.8. The summed E-state index contributed by atoms with van der Waals surface area (Å²) in [7, 11) is 1.85. The van der Waals surface area contributed by atoms with E-state index in [-0.39, 0.29) is 5.78 Å². The van der Waals surface area contributed by atoms with Crippen LogP contribution in [0.4, 0.5) is 0 Å². The van der Waals surface area contributed by atoms with E-state index in [4.69, 9.17) is 0 Å². The maximum Gasteiger partial charge on any atom is 0.166 e. The van der Waals surface area contributed by atoms with Crippen molar-refractivity contribution in [3.05, 3.63) is 29.6 Å². The molecule has 0 aromatic carbocycles. The highest BCUT2D eigenvalue weighted by Gasteiger charge is 2.15. The smallest absolute Gasteiger partial charge is 0.166 e. The van der Waals surface area contributed by atoms with Crippen molar-refractivity contribution in [2.45, 2.75) is 26.7 Å². The fourth-order valence-electron chi connectivity index (χ4n) is 1.54. The van der Waals surface area contributed by atoms with E-state index in [0.29, 0.717) is 6.42 Å². The zero-order valence-electron chi connectivity index (χ0n) is 9.00. The molecule has 0 aliphatic carbocycles. The molecule has 0 aliphatic heterocycles. The second-order valence-corrected chi connectivity index (χ2v) is 3.42. The van der Waals surface area contributed by atoms with Crippen LogP contribution in [-0.2, 0) is 7.05 Å². The van der Waals surface area contributed by atoms with Gasteiger partial charge in [0.1, 0.15) is 0 Å². The fraction of sp³-hybridized carbons (Fsp3) is 0.455. The number of allylic oxidation sites excluding steroid dienone is 1. The van der Waals surface area contributed by atoms with Gasteiger partial charge in [0.25, 0.3) is 0 Å². The van der Waals surface area contributed by atoms with Gasteiger partial charge >= 0.3 is 0 Å². The molecule has 1 heterocycles. The molecule has 0 amide bonds. The summed E-state index contributed by atoms with van der Waals surface area (Å²) in [4.78, 5) is 11.8. The summed E-state index contributed by atoms with van der Waals surface area (Å²) in [5.41, 5.74) is 2.53. The molecule has 0 spiro atoms. The molecule has 1 aromatic rings. The number of Topliss-reactive ketones (excluding diaryl/α,β-unsaturated/α-hetero) is 1. The Hall–Kier alpha value is -1.38. The Labute approximate surface area is 84.4 Å². The van der Waals surface area contributed by atoms with E-state index in [1.54, 1.807) is 10.8 Å². The zero-order valence-corrected chi connectivity index (χ0v) is 9.00. The van der Waals surface area contributed by atoms with Crippen molar-refractivity contribution in [3.8, 4) is 0 Å². The van der Waals surface area contributed by atoms with Crippen LogP contribution in [-0.4, -0.2) is 15.6 Å². The molecule has 1 aromatic heterocycles. The Balaban J connectivity index is 2.94. The number of carbonyl (C=O) groups is 1. The topological polar surface area (TPSA) is 34.9 Å². The van der Waals surface area contributed by atoms with Crippen LogP contribution in [0.2, 0.25) is 0 Å². The number of aryl methyl sites for hydroxylation is 2. The number of ketones is 1. The Kier molecular flexibility index (Phi) is 3.23. The molecule has 76 valence electrons. The number of hydrogen-bond acceptors (Lipinski definition) is 2. The van der Waals surface area contributed by atoms with Crippen LogP contribution < -0.4 is 0 Å². The van der Waals surface area contributed by atoms with Gasteiger partial charge in [0.2, 0.25) is 0 Å². The Morgan fingerprint density at radius 2 is 2.21 bits per heavy atom. The number of carbonyl (C=O) groups excluding carboxylic acids is 1. The first kappa shape index (κ1) is 10.7. The quantitative estimate of drug-likeness (QED) is 0.541. The van der Waals surface area contributed by atoms with E-state index in [1.165, 1.54) is 0 Å². The van der Waals surface area contributed by atoms with Crippen LogP contribution in [0.3, 0.4) is 0 Å². The highest BCUT2D eigenvalue weighted by Crippen LogP contribution is 2.14. The van der Waals surface area contributed by atoms with Gasteiger partial charge in [-0.15, -0.1) is 6.58 Å². The molecule has 0 bridgehead atoms. The Bertz CT molecular complexity index is 364. The van der Waals surface area contributed by atoms with E-state index in [1.807, 2.05) is 20.9 Å². The summed E-state index contributed by atoms with van der Waals surface area (Å²) in [6.07, 6.45) is 3.02. The van der Waals surface area contributed by atoms with Crippen molar-refractivity contribution in [2.75, 3.05) is 0 Å². The third-order valence-corrected chi connectivity index (χ3v) is 2.36. The molecule has 0 radical (unpaired) electrons. The lowest BCUT2D eigenvalue weighted by molar-refractivity contribution is 0.0982. The van der Waals surface area contributed by atoms with Crippen LogP contribution in [0.1, 0.15) is 34.6 Å². The average Bonchev–Trinajstić information content (AvgIpc) is 2.38. The monoisotopic (exact) mass is 192 g/mol. The van der Waals surface area contributed by atoms with Gasteiger partial charge in [0.05, 0.1) is 11.3 Å². The van der Waals surface area contributed by atoms with Crippen LogP contribution in [0.5, 0.6) is 0 Å². The van der Waals surface area contributed by atoms with Crippen LogP contribution in [0.15, 0.2) is 12.7 Å². The molecule has 3 heteroatoms. The summed E-state index contributed by atoms with van der Waals surface area (Å²) in [5, 5.41) is 4.21. The molecular weight excluding hydrogens is 176 g/mol. The first-order chi connectivity index (χ1) is 6.57. The lowest BCUT2D eigenvalue weighted by Gasteiger charge is -1.99. The van der Waals surface area contributed by atoms with E-state index in [9.17, 15) is 4.79 Å². The second-order valence-electron chi connectivity index (χ2n) is 3.42. The summed E-state index contributed by atoms with van der Waals surface area (Å²) in [6, 6.07) is 0. The van der Waals surface area contributed by atoms with Crippen LogP contribution in [0, 0.1) is 13.8 Å². The van der Waals surface area contributed by atoms with Gasteiger partial charge in [-0.25, -0.2) is 0 Å². The van der Waals surface area contributed by atoms with Crippen molar-refractivity contribution in [1.82, 2.24) is 9.78 Å². The summed E-state index contributed by atoms with van der Waals surface area (Å²) in [5.74, 6) is 0.160. The van der Waals surface area contributed by atoms with Crippen LogP contribution >= 0.6 is 0 Å². The van der Waals surface area contributed by atoms with Crippen molar-refractivity contribution in [1.29, 1.82) is 0 Å². The zero-order chi connectivity index (χ0) is 10.7. The minimum absolute atomic E-state index is 0.160. The molecule has 1 rings (SSSR count). The number of aromatic nitrogens is 2. The fourth-order valence-corrected chi connectivity index (χ4v) is 1.54. The summed E-state index contributed by atoms with van der Waals surface area (Å²) in [6.45, 7) is 7.39. The van der Waals surface area contributed by atoms with Crippen LogP contribution in [0.25, 0.3) is 0 Å². The van der Waals surface area contributed by atoms with Gasteiger partial charge in [-0.3, -0.25) is 9.48 Å². The first-order valence-electron chi connectivity index (χ1n) is 4.72. The Morgan fingerprint density at radius 3 is 2.64 bits per heavy atom. The summed E-state index contributed by atoms with van der Waals surface area (Å²) >= 11 is 0. The van der Waals surface area contributed by atoms with Crippen molar-refractivity contribution < 1.29 is 4.79 Å². The van der Waals surface area contributed by atoms with E-state index in [0.717, 1.165) is 23.4 Å². The maximum atomic E-state index is 11.8. The molecule has 0 fully saturated rings. The highest BCUT2D eigenvalue weighted by atomic mass is 16.1. The van der Waals surface area contributed by atoms with Crippen molar-refractivity contribution in [2.24, 2.45) is 7.05 Å². The molecular formula is C11H16N2O. The average molecular weight is 192 g/mol. The lowest BCUT2D eigenvalue weighted by atomic mass is 10.1. The standard InChI is InChI=1S/C11H16N2O/c1-5-6-7-10(14)11-8(2)12-13(4)9(11)3/h5H,1,6-7H2,2-4H3. The minimum Gasteiger partial charge on any atom is -0.294 e. The lowest BCUT2D eigenvalue weighted by Crippen LogP contribution is -2.02. The minimum atomic E-state index is 0.160. The van der Waals surface area contributed by atoms with Gasteiger partial charge in [-0.1, -0.05) is 6.08 Å². The molecule has 0 aliphatic rings.